The second-order valence-electron chi connectivity index (χ2n) is 6.46. The van der Waals surface area contributed by atoms with E-state index < -0.39 is 18.0 Å². The summed E-state index contributed by atoms with van der Waals surface area (Å²) in [4.78, 5) is 34.8. The van der Waals surface area contributed by atoms with E-state index in [-0.39, 0.29) is 12.5 Å². The molecule has 0 aromatic heterocycles. The average molecular weight is 377 g/mol. The van der Waals surface area contributed by atoms with E-state index in [1.54, 1.807) is 0 Å². The molecule has 0 fully saturated rings. The number of nitrogens with one attached hydrogen (secondary N) is 2. The van der Waals surface area contributed by atoms with Crippen LogP contribution in [-0.2, 0) is 20.9 Å². The van der Waals surface area contributed by atoms with Crippen molar-refractivity contribution in [1.82, 2.24) is 10.6 Å². The number of benzene rings is 1. The zero-order valence-corrected chi connectivity index (χ0v) is 16.0. The minimum Gasteiger partial charge on any atom is -0.445 e. The predicted octanol–water partition coefficient (Wildman–Crippen LogP) is 2.63. The van der Waals surface area contributed by atoms with Crippen molar-refractivity contribution in [3.63, 3.8) is 0 Å². The molecule has 0 spiro atoms. The summed E-state index contributed by atoms with van der Waals surface area (Å²) in [6.45, 7) is 2.76. The number of rotatable bonds is 13. The smallest absolute Gasteiger partial charge is 0.407 e. The van der Waals surface area contributed by atoms with Gasteiger partial charge in [0.2, 0.25) is 11.8 Å². The van der Waals surface area contributed by atoms with Gasteiger partial charge in [-0.2, -0.15) is 0 Å². The molecule has 0 unspecified atom stereocenters. The quantitative estimate of drug-likeness (QED) is 0.459. The Hall–Kier alpha value is -2.57. The molecule has 0 saturated carbocycles. The number of alkyl carbamates (subject to hydrolysis) is 1. The van der Waals surface area contributed by atoms with Crippen molar-refractivity contribution in [3.05, 3.63) is 35.9 Å². The van der Waals surface area contributed by atoms with Gasteiger partial charge in [0.15, 0.2) is 0 Å². The van der Waals surface area contributed by atoms with Gasteiger partial charge in [0.25, 0.3) is 0 Å². The van der Waals surface area contributed by atoms with E-state index in [4.69, 9.17) is 10.5 Å². The zero-order chi connectivity index (χ0) is 19.9. The van der Waals surface area contributed by atoms with Gasteiger partial charge in [0.1, 0.15) is 12.6 Å². The molecule has 0 aliphatic heterocycles. The topological polar surface area (TPSA) is 111 Å². The molecule has 4 N–H and O–H groups in total. The zero-order valence-electron chi connectivity index (χ0n) is 16.0. The van der Waals surface area contributed by atoms with E-state index in [0.29, 0.717) is 25.8 Å². The summed E-state index contributed by atoms with van der Waals surface area (Å²) in [7, 11) is 0. The number of hydrogen-bond acceptors (Lipinski definition) is 4. The lowest BCUT2D eigenvalue weighted by Crippen LogP contribution is -2.44. The molecule has 7 heteroatoms. The fourth-order valence-electron chi connectivity index (χ4n) is 2.51. The predicted molar refractivity (Wildman–Crippen MR) is 104 cm³/mol. The Balaban J connectivity index is 2.06. The van der Waals surface area contributed by atoms with Crippen LogP contribution in [0.2, 0.25) is 0 Å². The van der Waals surface area contributed by atoms with Crippen molar-refractivity contribution in [1.29, 1.82) is 0 Å². The highest BCUT2D eigenvalue weighted by Crippen LogP contribution is 2.04. The monoisotopic (exact) mass is 377 g/mol. The molecule has 0 radical (unpaired) electrons. The van der Waals surface area contributed by atoms with Crippen molar-refractivity contribution < 1.29 is 19.1 Å². The van der Waals surface area contributed by atoms with Gasteiger partial charge in [-0.25, -0.2) is 4.79 Å². The third kappa shape index (κ3) is 10.9. The van der Waals surface area contributed by atoms with Crippen LogP contribution in [-0.4, -0.2) is 30.5 Å². The van der Waals surface area contributed by atoms with Crippen LogP contribution in [0.1, 0.15) is 57.4 Å². The van der Waals surface area contributed by atoms with Crippen LogP contribution in [0.4, 0.5) is 4.79 Å². The van der Waals surface area contributed by atoms with E-state index in [9.17, 15) is 14.4 Å². The summed E-state index contributed by atoms with van der Waals surface area (Å²) in [6, 6.07) is 8.89. The number of ether oxygens (including phenoxy) is 1. The summed E-state index contributed by atoms with van der Waals surface area (Å²) >= 11 is 0. The van der Waals surface area contributed by atoms with E-state index in [2.05, 4.69) is 10.6 Å². The molecule has 3 amide bonds. The normalized spacial score (nSPS) is 11.4. The number of nitrogens with two attached hydrogens (primary N) is 1. The van der Waals surface area contributed by atoms with Gasteiger partial charge in [0.05, 0.1) is 0 Å². The lowest BCUT2D eigenvalue weighted by Gasteiger charge is -2.15. The first-order valence-corrected chi connectivity index (χ1v) is 9.56. The number of amides is 3. The molecule has 7 nitrogen and oxygen atoms in total. The fourth-order valence-corrected chi connectivity index (χ4v) is 2.51. The summed E-state index contributed by atoms with van der Waals surface area (Å²) in [5, 5.41) is 5.38. The molecule has 1 atom stereocenters. The molecule has 1 rings (SSSR count). The summed E-state index contributed by atoms with van der Waals surface area (Å²) < 4.78 is 5.11. The Morgan fingerprint density at radius 2 is 1.81 bits per heavy atom. The van der Waals surface area contributed by atoms with Crippen molar-refractivity contribution in [3.8, 4) is 0 Å². The molecule has 0 aliphatic rings. The van der Waals surface area contributed by atoms with Crippen molar-refractivity contribution in [2.24, 2.45) is 5.73 Å². The Morgan fingerprint density at radius 1 is 1.07 bits per heavy atom. The van der Waals surface area contributed by atoms with E-state index in [1.807, 2.05) is 37.3 Å². The molecule has 0 saturated heterocycles. The van der Waals surface area contributed by atoms with Gasteiger partial charge < -0.3 is 21.1 Å². The number of unbranched alkanes of at least 4 members (excludes halogenated alkanes) is 3. The molecule has 0 heterocycles. The van der Waals surface area contributed by atoms with Crippen molar-refractivity contribution in [2.45, 2.75) is 64.5 Å². The Morgan fingerprint density at radius 3 is 2.48 bits per heavy atom. The fraction of sp³-hybridized carbons (Fsp3) is 0.550. The second-order valence-corrected chi connectivity index (χ2v) is 6.46. The van der Waals surface area contributed by atoms with E-state index in [1.165, 1.54) is 0 Å². The van der Waals surface area contributed by atoms with Gasteiger partial charge in [-0.1, -0.05) is 56.5 Å². The van der Waals surface area contributed by atoms with E-state index in [0.717, 1.165) is 31.2 Å². The van der Waals surface area contributed by atoms with Crippen LogP contribution in [0.15, 0.2) is 30.3 Å². The van der Waals surface area contributed by atoms with Crippen LogP contribution in [0.5, 0.6) is 0 Å². The molecule has 0 bridgehead atoms. The molecule has 27 heavy (non-hydrogen) atoms. The van der Waals surface area contributed by atoms with Gasteiger partial charge in [-0.3, -0.25) is 9.59 Å². The summed E-state index contributed by atoms with van der Waals surface area (Å²) in [5.41, 5.74) is 6.24. The third-order valence-corrected chi connectivity index (χ3v) is 4.09. The van der Waals surface area contributed by atoms with Gasteiger partial charge in [0, 0.05) is 13.0 Å². The van der Waals surface area contributed by atoms with Crippen LogP contribution in [0, 0.1) is 0 Å². The maximum absolute atomic E-state index is 11.9. The molecule has 150 valence electrons. The maximum Gasteiger partial charge on any atom is 0.407 e. The first-order chi connectivity index (χ1) is 13.0. The third-order valence-electron chi connectivity index (χ3n) is 4.09. The number of hydrogen-bond donors (Lipinski definition) is 3. The molecular weight excluding hydrogens is 346 g/mol. The highest BCUT2D eigenvalue weighted by Gasteiger charge is 2.16. The molecule has 1 aromatic carbocycles. The Kier molecular flexibility index (Phi) is 11.3. The summed E-state index contributed by atoms with van der Waals surface area (Å²) in [6.07, 6.45) is 4.50. The van der Waals surface area contributed by atoms with Crippen LogP contribution in [0.25, 0.3) is 0 Å². The Labute approximate surface area is 161 Å². The lowest BCUT2D eigenvalue weighted by molar-refractivity contribution is -0.127. The highest BCUT2D eigenvalue weighted by atomic mass is 16.5. The average Bonchev–Trinajstić information content (AvgIpc) is 2.66. The second kappa shape index (κ2) is 13.6. The minimum absolute atomic E-state index is 0.162. The maximum atomic E-state index is 11.9. The molecule has 0 aliphatic carbocycles. The van der Waals surface area contributed by atoms with Gasteiger partial charge in [-0.15, -0.1) is 0 Å². The van der Waals surface area contributed by atoms with Gasteiger partial charge in [-0.05, 0) is 24.8 Å². The largest absolute Gasteiger partial charge is 0.445 e. The van der Waals surface area contributed by atoms with E-state index >= 15 is 0 Å². The number of carbonyl (C=O) groups is 3. The first kappa shape index (κ1) is 22.5. The molecular formula is C20H31N3O4. The van der Waals surface area contributed by atoms with Gasteiger partial charge >= 0.3 is 6.09 Å². The lowest BCUT2D eigenvalue weighted by atomic mass is 10.1. The SMILES string of the molecule is CCCC[C@@H](NC(=O)CCCCCNC(=O)OCc1ccccc1)C(N)=O. The number of primary amides is 1. The van der Waals surface area contributed by atoms with Crippen molar-refractivity contribution >= 4 is 17.9 Å². The standard InChI is InChI=1S/C20H31N3O4/c1-2-3-12-17(19(21)25)23-18(24)13-8-5-9-14-22-20(26)27-15-16-10-6-4-7-11-16/h4,6-7,10-11,17H,2-3,5,8-9,12-15H2,1H3,(H2,21,25)(H,22,26)(H,23,24)/t17-/m1/s1. The summed E-state index contributed by atoms with van der Waals surface area (Å²) in [5.74, 6) is -0.653. The van der Waals surface area contributed by atoms with Crippen LogP contribution < -0.4 is 16.4 Å². The van der Waals surface area contributed by atoms with Crippen molar-refractivity contribution in [2.75, 3.05) is 6.54 Å². The van der Waals surface area contributed by atoms with Crippen LogP contribution >= 0.6 is 0 Å². The first-order valence-electron chi connectivity index (χ1n) is 9.56. The number of carbonyl (C=O) groups excluding carboxylic acids is 3. The minimum atomic E-state index is -0.585. The highest BCUT2D eigenvalue weighted by molar-refractivity contribution is 5.86. The Bertz CT molecular complexity index is 578. The molecule has 1 aromatic rings. The van der Waals surface area contributed by atoms with Crippen LogP contribution in [0.3, 0.4) is 0 Å².